The molecule has 0 radical (unpaired) electrons. The van der Waals surface area contributed by atoms with Crippen molar-refractivity contribution in [2.24, 2.45) is 0 Å². The number of aliphatic carboxylic acids is 2. The number of hydrogen-bond acceptors (Lipinski definition) is 6. The maximum absolute atomic E-state index is 12.3. The zero-order chi connectivity index (χ0) is 67.1. The van der Waals surface area contributed by atoms with Crippen LogP contribution in [0.2, 0.25) is 0 Å². The first-order valence-corrected chi connectivity index (χ1v) is 33.9. The van der Waals surface area contributed by atoms with Gasteiger partial charge >= 0.3 is 11.9 Å². The maximum atomic E-state index is 12.3. The Kier molecular flexibility index (Phi) is 16.4. The van der Waals surface area contributed by atoms with Gasteiger partial charge in [-0.3, -0.25) is 19.6 Å². The van der Waals surface area contributed by atoms with E-state index in [0.717, 1.165) is 203 Å². The van der Waals surface area contributed by atoms with E-state index in [0.29, 0.717) is 25.7 Å². The number of hydrogen-bond donors (Lipinski definition) is 6. The van der Waals surface area contributed by atoms with E-state index in [4.69, 9.17) is 19.9 Å². The topological polar surface area (TPSA) is 189 Å². The first kappa shape index (κ1) is 63.0. The summed E-state index contributed by atoms with van der Waals surface area (Å²) in [6, 6.07) is 30.1. The van der Waals surface area contributed by atoms with Crippen LogP contribution in [0, 0.1) is 27.7 Å². The minimum absolute atomic E-state index is 0.0287. The fourth-order valence-electron chi connectivity index (χ4n) is 16.2. The number of nitrogens with zero attached hydrogens (tertiary/aromatic N) is 4. The van der Waals surface area contributed by atoms with Crippen LogP contribution in [0.15, 0.2) is 122 Å². The van der Waals surface area contributed by atoms with Crippen LogP contribution in [0.25, 0.3) is 113 Å². The Morgan fingerprint density at radius 2 is 0.896 bits per heavy atom. The number of carbonyl (C=O) groups is 2. The molecule has 10 heterocycles. The Balaban J connectivity index is 0.855. The molecule has 6 N–H and O–H groups in total. The zero-order valence-electron chi connectivity index (χ0n) is 56.6. The number of rotatable bonds is 15. The van der Waals surface area contributed by atoms with E-state index in [-0.39, 0.29) is 36.5 Å². The number of H-pyrrole nitrogens is 4. The van der Waals surface area contributed by atoms with Gasteiger partial charge in [0.15, 0.2) is 0 Å². The highest BCUT2D eigenvalue weighted by Gasteiger charge is 2.37. The number of aryl methyl sites for hydroxylation is 4. The first-order valence-electron chi connectivity index (χ1n) is 33.9. The van der Waals surface area contributed by atoms with E-state index in [1.807, 2.05) is 12.2 Å². The average Bonchev–Trinajstić information content (AvgIpc) is 1.58. The van der Waals surface area contributed by atoms with E-state index >= 15 is 0 Å². The fraction of sp³-hybridized carbons (Fsp3) is 0.262. The average molecular weight is 1270 g/mol. The van der Waals surface area contributed by atoms with Gasteiger partial charge < -0.3 is 30.1 Å². The minimum Gasteiger partial charge on any atom is -0.481 e. The van der Waals surface area contributed by atoms with Gasteiger partial charge in [-0.25, -0.2) is 9.97 Å². The molecule has 0 saturated heterocycles. The summed E-state index contributed by atoms with van der Waals surface area (Å²) in [6.45, 7) is 30.1. The molecule has 2 aliphatic carbocycles. The molecule has 0 amide bonds. The van der Waals surface area contributed by atoms with Crippen molar-refractivity contribution in [2.75, 3.05) is 0 Å². The lowest BCUT2D eigenvalue weighted by atomic mass is 9.85. The van der Waals surface area contributed by atoms with Gasteiger partial charge in [-0.05, 0) is 182 Å². The Labute approximate surface area is 560 Å². The van der Waals surface area contributed by atoms with E-state index in [2.05, 4.69) is 224 Å². The molecule has 0 unspecified atom stereocenters. The smallest absolute Gasteiger partial charge is 0.303 e. The number of nitrogens with one attached hydrogen (secondary N) is 4. The van der Waals surface area contributed by atoms with Crippen LogP contribution >= 0.6 is 0 Å². The second kappa shape index (κ2) is 25.0. The summed E-state index contributed by atoms with van der Waals surface area (Å²) >= 11 is 0. The number of aromatic nitrogens is 8. The van der Waals surface area contributed by atoms with Crippen LogP contribution in [-0.4, -0.2) is 62.0 Å². The number of carboxylic acids is 2. The monoisotopic (exact) mass is 1270 g/mol. The summed E-state index contributed by atoms with van der Waals surface area (Å²) in [6.07, 6.45) is 21.0. The number of allylic oxidation sites excluding steroid dienone is 10. The molecule has 16 bridgehead atoms. The van der Waals surface area contributed by atoms with Gasteiger partial charge in [-0.2, -0.15) is 0 Å². The van der Waals surface area contributed by atoms with Crippen LogP contribution < -0.4 is 0 Å². The minimum atomic E-state index is -0.815. The van der Waals surface area contributed by atoms with Crippen LogP contribution in [0.1, 0.15) is 216 Å². The summed E-state index contributed by atoms with van der Waals surface area (Å²) in [4.78, 5) is 61.5. The molecule has 4 aliphatic heterocycles. The lowest BCUT2D eigenvalue weighted by Crippen LogP contribution is -2.07. The summed E-state index contributed by atoms with van der Waals surface area (Å²) in [7, 11) is 0. The SMILES string of the molecule is C=Cc1c(C)c2cc3nc(c4c5[nH]c(cc6nc(cc1[nH]2)C(C)=C6CC)c(C)c5/C(=C/C=C/c1ccccc1-c1ccccc1/C=C/C=C1\Cc2c5nc(cc6[nH]c(cc7nc(cc8[nH]c2c1c8C)C(CC)=C7C)c(C=C)c6C)[C@@H](C)[C@@H]5CCC(=O)O)C4)[C@@H](CCC(=O)O)[C@@H]3C. The zero-order valence-corrected chi connectivity index (χ0v) is 56.6. The second-order valence-corrected chi connectivity index (χ2v) is 26.8. The van der Waals surface area contributed by atoms with E-state index in [1.165, 1.54) is 11.1 Å². The van der Waals surface area contributed by atoms with Crippen molar-refractivity contribution < 1.29 is 19.8 Å². The maximum Gasteiger partial charge on any atom is 0.303 e. The number of aromatic amines is 4. The molecule has 0 spiro atoms. The molecule has 12 heteroatoms. The molecule has 12 nitrogen and oxygen atoms in total. The lowest BCUT2D eigenvalue weighted by molar-refractivity contribution is -0.138. The summed E-state index contributed by atoms with van der Waals surface area (Å²) in [5.41, 5.74) is 37.6. The van der Waals surface area contributed by atoms with Crippen LogP contribution in [-0.2, 0) is 22.4 Å². The number of carboxylic acid groups (broad SMARTS) is 2. The molecular formula is C84H82N8O4. The van der Waals surface area contributed by atoms with Crippen LogP contribution in [0.5, 0.6) is 0 Å². The molecular weight excluding hydrogens is 1180 g/mol. The third kappa shape index (κ3) is 10.8. The largest absolute Gasteiger partial charge is 0.481 e. The van der Waals surface area contributed by atoms with Crippen molar-refractivity contribution >= 4 is 114 Å². The van der Waals surface area contributed by atoms with Gasteiger partial charge in [-0.15, -0.1) is 0 Å². The highest BCUT2D eigenvalue weighted by molar-refractivity contribution is 6.00. The summed E-state index contributed by atoms with van der Waals surface area (Å²) in [5.74, 6) is -1.90. The van der Waals surface area contributed by atoms with Crippen molar-refractivity contribution in [1.29, 1.82) is 0 Å². The van der Waals surface area contributed by atoms with Gasteiger partial charge in [0.05, 0.1) is 45.2 Å². The van der Waals surface area contributed by atoms with Crippen molar-refractivity contribution in [3.63, 3.8) is 0 Å². The standard InChI is InChI=1S/C84H82N8O4/c1-13-55-43(5)65-37-69-47(9)59(31-33-77(93)94)81(89-69)63-35-53(79-49(11)71(91-83(63)79)41-75-57(15-3)45(7)67(87-75)39-73(55)85-65)27-21-25-51-23-17-19-29-61(51)62-30-20-18-24-52(62)26-22-28-54-36-64-82-60(32-34-78(95)96)48(10)70(90-82)38-66-44(6)56(14-2)74(86-66)40-68-46(8)58(16-4)76(88-68)42-72-50(12)80(54)84(64)92-72/h13-14,17-30,37-42,47-48,59-60,85-86,91-92H,1-2,15-16,31-36H2,3-12H3,(H,93,94)(H,95,96)/b25-21+,26-22+,53-27+,54-28+,65-37?,66-38?,67-39?,68-40?,69-37?,70-38?,71-41?,72-42?,73-39?,74-40?,75-41?,76-42?,81-63?,82-64?/t47-,48-,59-,60-/m0/s1. The van der Waals surface area contributed by atoms with E-state index in [9.17, 15) is 19.8 Å². The molecule has 6 aliphatic rings. The highest BCUT2D eigenvalue weighted by atomic mass is 16.4. The second-order valence-electron chi connectivity index (χ2n) is 26.8. The quantitative estimate of drug-likeness (QED) is 0.0585. The molecule has 482 valence electrons. The predicted molar refractivity (Wildman–Crippen MR) is 396 cm³/mol. The Morgan fingerprint density at radius 1 is 0.510 bits per heavy atom. The van der Waals surface area contributed by atoms with Gasteiger partial charge in [0.25, 0.3) is 0 Å². The summed E-state index contributed by atoms with van der Waals surface area (Å²) in [5, 5.41) is 20.2. The van der Waals surface area contributed by atoms with Crippen molar-refractivity contribution in [1.82, 2.24) is 39.9 Å². The fourth-order valence-corrected chi connectivity index (χ4v) is 16.2. The van der Waals surface area contributed by atoms with Gasteiger partial charge in [0, 0.05) is 127 Å². The van der Waals surface area contributed by atoms with E-state index < -0.39 is 11.9 Å². The molecule has 0 saturated carbocycles. The molecule has 14 rings (SSSR count). The number of fused-ring (bicyclic) bond motifs is 16. The Bertz CT molecular complexity index is 4940. The summed E-state index contributed by atoms with van der Waals surface area (Å²) < 4.78 is 0. The van der Waals surface area contributed by atoms with Gasteiger partial charge in [0.2, 0.25) is 0 Å². The number of benzene rings is 2. The first-order chi connectivity index (χ1) is 46.4. The van der Waals surface area contributed by atoms with Crippen LogP contribution in [0.4, 0.5) is 0 Å². The molecule has 2 aromatic carbocycles. The van der Waals surface area contributed by atoms with Crippen molar-refractivity contribution in [3.8, 4) is 11.1 Å². The van der Waals surface area contributed by atoms with Crippen molar-refractivity contribution in [2.45, 2.75) is 144 Å². The molecule has 4 atom stereocenters. The molecule has 0 fully saturated rings. The Morgan fingerprint density at radius 3 is 1.28 bits per heavy atom. The van der Waals surface area contributed by atoms with Gasteiger partial charge in [0.1, 0.15) is 0 Å². The van der Waals surface area contributed by atoms with Crippen LogP contribution in [0.3, 0.4) is 0 Å². The van der Waals surface area contributed by atoms with E-state index in [1.54, 1.807) is 0 Å². The predicted octanol–water partition coefficient (Wildman–Crippen LogP) is 20.6. The molecule has 8 aromatic rings. The van der Waals surface area contributed by atoms with Gasteiger partial charge in [-0.1, -0.05) is 138 Å². The third-order valence-corrected chi connectivity index (χ3v) is 21.5. The highest BCUT2D eigenvalue weighted by Crippen LogP contribution is 2.50. The lowest BCUT2D eigenvalue weighted by Gasteiger charge is -2.16. The molecule has 6 aromatic heterocycles. The van der Waals surface area contributed by atoms with Crippen molar-refractivity contribution in [3.05, 3.63) is 235 Å². The normalized spacial score (nSPS) is 18.2. The third-order valence-electron chi connectivity index (χ3n) is 21.5. The Hall–Kier alpha value is -10.5. The molecule has 96 heavy (non-hydrogen) atoms.